The fourth-order valence-corrected chi connectivity index (χ4v) is 3.81. The molecule has 3 rings (SSSR count). The summed E-state index contributed by atoms with van der Waals surface area (Å²) in [6, 6.07) is 11.6. The van der Waals surface area contributed by atoms with Gasteiger partial charge in [0, 0.05) is 22.0 Å². The van der Waals surface area contributed by atoms with Gasteiger partial charge in [-0.05, 0) is 50.6 Å². The number of hydrogen-bond donors (Lipinski definition) is 1. The molecule has 1 fully saturated rings. The van der Waals surface area contributed by atoms with Gasteiger partial charge in [-0.15, -0.1) is 0 Å². The van der Waals surface area contributed by atoms with Crippen molar-refractivity contribution in [1.82, 2.24) is 5.32 Å². The van der Waals surface area contributed by atoms with Gasteiger partial charge in [-0.3, -0.25) is 4.79 Å². The zero-order chi connectivity index (χ0) is 24.0. The number of halogens is 2. The second kappa shape index (κ2) is 11.2. The minimum absolute atomic E-state index is 0.121. The first-order chi connectivity index (χ1) is 15.7. The Balaban J connectivity index is 1.62. The van der Waals surface area contributed by atoms with Crippen LogP contribution in [0.15, 0.2) is 42.5 Å². The number of carbonyl (C=O) groups is 2. The fraction of sp³-hybridized carbons (Fsp3) is 0.417. The summed E-state index contributed by atoms with van der Waals surface area (Å²) < 4.78 is 21.9. The summed E-state index contributed by atoms with van der Waals surface area (Å²) in [6.45, 7) is 5.72. The van der Waals surface area contributed by atoms with Gasteiger partial charge in [0.15, 0.2) is 11.9 Å². The molecule has 0 spiro atoms. The van der Waals surface area contributed by atoms with Gasteiger partial charge in [0.25, 0.3) is 5.91 Å². The minimum atomic E-state index is -0.863. The van der Waals surface area contributed by atoms with E-state index in [4.69, 9.17) is 42.1 Å². The van der Waals surface area contributed by atoms with E-state index < -0.39 is 29.8 Å². The number of nitrogens with one attached hydrogen (secondary N) is 1. The van der Waals surface area contributed by atoms with Gasteiger partial charge in [0.05, 0.1) is 13.2 Å². The van der Waals surface area contributed by atoms with E-state index in [9.17, 15) is 9.59 Å². The van der Waals surface area contributed by atoms with Crippen molar-refractivity contribution in [2.24, 2.45) is 0 Å². The summed E-state index contributed by atoms with van der Waals surface area (Å²) in [4.78, 5) is 25.1. The normalized spacial score (nSPS) is 17.9. The molecule has 9 heteroatoms. The van der Waals surface area contributed by atoms with Crippen LogP contribution in [0.1, 0.15) is 31.9 Å². The van der Waals surface area contributed by atoms with Gasteiger partial charge in [0.1, 0.15) is 18.4 Å². The molecule has 0 bridgehead atoms. The van der Waals surface area contributed by atoms with E-state index in [0.717, 1.165) is 5.56 Å². The lowest BCUT2D eigenvalue weighted by atomic mass is 10.1. The quantitative estimate of drug-likeness (QED) is 0.521. The van der Waals surface area contributed by atoms with Gasteiger partial charge >= 0.3 is 5.97 Å². The van der Waals surface area contributed by atoms with Crippen molar-refractivity contribution in [3.05, 3.63) is 63.6 Å². The van der Waals surface area contributed by atoms with Crippen LogP contribution >= 0.6 is 23.2 Å². The topological polar surface area (TPSA) is 83.1 Å². The zero-order valence-corrected chi connectivity index (χ0v) is 20.2. The first kappa shape index (κ1) is 25.3. The number of hydrogen-bond acceptors (Lipinski definition) is 6. The summed E-state index contributed by atoms with van der Waals surface area (Å²) in [7, 11) is 0. The number of rotatable bonds is 9. The molecule has 2 atom stereocenters. The van der Waals surface area contributed by atoms with Crippen molar-refractivity contribution in [1.29, 1.82) is 0 Å². The summed E-state index contributed by atoms with van der Waals surface area (Å²) in [5.41, 5.74) is 1.52. The Kier molecular flexibility index (Phi) is 8.59. The van der Waals surface area contributed by atoms with Crippen LogP contribution in [0, 0.1) is 0 Å². The van der Waals surface area contributed by atoms with Gasteiger partial charge in [-0.25, -0.2) is 4.79 Å². The zero-order valence-electron chi connectivity index (χ0n) is 18.7. The third-order valence-electron chi connectivity index (χ3n) is 5.00. The highest BCUT2D eigenvalue weighted by molar-refractivity contribution is 6.35. The average Bonchev–Trinajstić information content (AvgIpc) is 3.14. The largest absolute Gasteiger partial charge is 0.489 e. The molecule has 1 amide bonds. The number of ether oxygens (including phenoxy) is 4. The first-order valence-electron chi connectivity index (χ1n) is 10.6. The van der Waals surface area contributed by atoms with E-state index in [-0.39, 0.29) is 26.2 Å². The molecule has 0 unspecified atom stereocenters. The van der Waals surface area contributed by atoms with E-state index in [1.165, 1.54) is 0 Å². The molecule has 0 radical (unpaired) electrons. The number of esters is 1. The van der Waals surface area contributed by atoms with Crippen LogP contribution in [-0.2, 0) is 36.8 Å². The Morgan fingerprint density at radius 2 is 1.82 bits per heavy atom. The number of carbonyl (C=O) groups excluding carboxylic acids is 2. The minimum Gasteiger partial charge on any atom is -0.489 e. The van der Waals surface area contributed by atoms with Gasteiger partial charge < -0.3 is 24.3 Å². The molecule has 0 saturated carbocycles. The summed E-state index contributed by atoms with van der Waals surface area (Å²) in [6.07, 6.45) is -0.539. The highest BCUT2D eigenvalue weighted by Crippen LogP contribution is 2.26. The standard InChI is InChI=1S/C24H27Cl2NO6/c1-4-30-23(29)20(27-22(28)21-14-32-24(2,3)33-21)12-15-8-10-16(11-9-15)31-13-17-18(25)6-5-7-19(17)26/h5-11,20-21H,4,12-14H2,1-3H3,(H,27,28)/t20-,21-/m0/s1. The van der Waals surface area contributed by atoms with Crippen LogP contribution in [0.3, 0.4) is 0 Å². The lowest BCUT2D eigenvalue weighted by molar-refractivity contribution is -0.156. The molecule has 7 nitrogen and oxygen atoms in total. The molecule has 1 heterocycles. The summed E-state index contributed by atoms with van der Waals surface area (Å²) in [5, 5.41) is 3.79. The van der Waals surface area contributed by atoms with Gasteiger partial charge in [-0.2, -0.15) is 0 Å². The molecule has 178 valence electrons. The Bertz CT molecular complexity index is 959. The summed E-state index contributed by atoms with van der Waals surface area (Å²) in [5.74, 6) is -1.16. The highest BCUT2D eigenvalue weighted by atomic mass is 35.5. The van der Waals surface area contributed by atoms with E-state index in [1.807, 2.05) is 12.1 Å². The van der Waals surface area contributed by atoms with E-state index in [0.29, 0.717) is 21.4 Å². The predicted octanol–water partition coefficient (Wildman–Crippen LogP) is 4.31. The average molecular weight is 496 g/mol. The number of amides is 1. The van der Waals surface area contributed by atoms with Crippen LogP contribution in [0.2, 0.25) is 10.0 Å². The molecule has 0 aromatic heterocycles. The third-order valence-corrected chi connectivity index (χ3v) is 5.70. The van der Waals surface area contributed by atoms with E-state index in [2.05, 4.69) is 5.32 Å². The molecule has 1 aliphatic rings. The molecule has 1 aliphatic heterocycles. The number of benzene rings is 2. The second-order valence-corrected chi connectivity index (χ2v) is 8.78. The smallest absolute Gasteiger partial charge is 0.328 e. The fourth-order valence-electron chi connectivity index (χ4n) is 3.30. The van der Waals surface area contributed by atoms with Crippen molar-refractivity contribution in [3.8, 4) is 5.75 Å². The Hall–Kier alpha value is -2.32. The maximum atomic E-state index is 12.6. The SMILES string of the molecule is CCOC(=O)[C@H](Cc1ccc(OCc2c(Cl)cccc2Cl)cc1)NC(=O)[C@@H]1COC(C)(C)O1. The maximum absolute atomic E-state index is 12.6. The predicted molar refractivity (Wildman–Crippen MR) is 124 cm³/mol. The third kappa shape index (κ3) is 7.08. The van der Waals surface area contributed by atoms with Crippen molar-refractivity contribution >= 4 is 35.1 Å². The molecule has 33 heavy (non-hydrogen) atoms. The second-order valence-electron chi connectivity index (χ2n) is 7.97. The highest BCUT2D eigenvalue weighted by Gasteiger charge is 2.38. The van der Waals surface area contributed by atoms with Crippen LogP contribution < -0.4 is 10.1 Å². The summed E-state index contributed by atoms with van der Waals surface area (Å²) >= 11 is 12.4. The molecular weight excluding hydrogens is 469 g/mol. The van der Waals surface area contributed by atoms with Crippen molar-refractivity contribution in [2.45, 2.75) is 51.7 Å². The van der Waals surface area contributed by atoms with Crippen molar-refractivity contribution in [2.75, 3.05) is 13.2 Å². The molecule has 0 aliphatic carbocycles. The van der Waals surface area contributed by atoms with Crippen molar-refractivity contribution < 1.29 is 28.5 Å². The van der Waals surface area contributed by atoms with E-state index >= 15 is 0 Å². The molecule has 1 saturated heterocycles. The maximum Gasteiger partial charge on any atom is 0.328 e. The Labute approximate surface area is 203 Å². The van der Waals surface area contributed by atoms with Crippen LogP contribution in [0.5, 0.6) is 5.75 Å². The molecular formula is C24H27Cl2NO6. The lowest BCUT2D eigenvalue weighted by Crippen LogP contribution is -2.48. The first-order valence-corrected chi connectivity index (χ1v) is 11.4. The lowest BCUT2D eigenvalue weighted by Gasteiger charge is -2.20. The monoisotopic (exact) mass is 495 g/mol. The Morgan fingerprint density at radius 1 is 1.15 bits per heavy atom. The van der Waals surface area contributed by atoms with Crippen LogP contribution in [-0.4, -0.2) is 43.0 Å². The van der Waals surface area contributed by atoms with Gasteiger partial charge in [0.2, 0.25) is 0 Å². The van der Waals surface area contributed by atoms with Crippen molar-refractivity contribution in [3.63, 3.8) is 0 Å². The van der Waals surface area contributed by atoms with Gasteiger partial charge in [-0.1, -0.05) is 41.4 Å². The van der Waals surface area contributed by atoms with E-state index in [1.54, 1.807) is 51.1 Å². The van der Waals surface area contributed by atoms with Crippen LogP contribution in [0.4, 0.5) is 0 Å². The van der Waals surface area contributed by atoms with Crippen LogP contribution in [0.25, 0.3) is 0 Å². The molecule has 2 aromatic carbocycles. The molecule has 2 aromatic rings. The molecule has 1 N–H and O–H groups in total. The Morgan fingerprint density at radius 3 is 2.39 bits per heavy atom.